The number of hydrogen-bond donors (Lipinski definition) is 2. The van der Waals surface area contributed by atoms with E-state index in [0.717, 1.165) is 11.8 Å². The van der Waals surface area contributed by atoms with Crippen LogP contribution in [0, 0.1) is 11.8 Å². The summed E-state index contributed by atoms with van der Waals surface area (Å²) in [5.41, 5.74) is 0. The van der Waals surface area contributed by atoms with Crippen LogP contribution in [0.5, 0.6) is 0 Å². The molecule has 2 aliphatic carbocycles. The van der Waals surface area contributed by atoms with Crippen molar-refractivity contribution in [2.75, 3.05) is 0 Å². The zero-order chi connectivity index (χ0) is 9.47. The van der Waals surface area contributed by atoms with Crippen LogP contribution >= 0.6 is 39.0 Å². The second-order valence-electron chi connectivity index (χ2n) is 3.87. The van der Waals surface area contributed by atoms with E-state index in [9.17, 15) is 0 Å². The lowest BCUT2D eigenvalue weighted by Crippen LogP contribution is -2.17. The molecule has 0 aromatic heterocycles. The van der Waals surface area contributed by atoms with Crippen molar-refractivity contribution in [2.24, 2.45) is 11.8 Å². The van der Waals surface area contributed by atoms with Gasteiger partial charge in [0.15, 0.2) is 4.67 Å². The Morgan fingerprint density at radius 2 is 2.15 bits per heavy atom. The summed E-state index contributed by atoms with van der Waals surface area (Å²) < 4.78 is 3.91. The fourth-order valence-corrected chi connectivity index (χ4v) is 4.63. The van der Waals surface area contributed by atoms with Crippen LogP contribution in [0.2, 0.25) is 0 Å². The topological polar surface area (TPSA) is 9.23 Å². The maximum atomic E-state index is 5.86. The van der Waals surface area contributed by atoms with Crippen molar-refractivity contribution in [2.45, 2.75) is 31.8 Å². The van der Waals surface area contributed by atoms with E-state index in [4.69, 9.17) is 16.3 Å². The van der Waals surface area contributed by atoms with Crippen molar-refractivity contribution in [3.05, 3.63) is 0 Å². The van der Waals surface area contributed by atoms with Crippen LogP contribution in [0.3, 0.4) is 0 Å². The van der Waals surface area contributed by atoms with Gasteiger partial charge < -0.3 is 4.52 Å². The highest BCUT2D eigenvalue weighted by atomic mass is 33.5. The summed E-state index contributed by atoms with van der Waals surface area (Å²) in [4.78, 5) is 0. The van der Waals surface area contributed by atoms with Crippen molar-refractivity contribution < 1.29 is 4.52 Å². The van der Waals surface area contributed by atoms with E-state index in [2.05, 4.69) is 23.9 Å². The monoisotopic (exact) mass is 272 g/mol. The summed E-state index contributed by atoms with van der Waals surface area (Å²) in [6.07, 6.45) is 5.67. The predicted octanol–water partition coefficient (Wildman–Crippen LogP) is 3.92. The van der Waals surface area contributed by atoms with Gasteiger partial charge in [0.2, 0.25) is 0 Å². The van der Waals surface area contributed by atoms with Gasteiger partial charge in [-0.15, -0.1) is 23.9 Å². The zero-order valence-electron chi connectivity index (χ0n) is 7.13. The molecular formula is C7H13OPS4. The second-order valence-corrected chi connectivity index (χ2v) is 14.2. The van der Waals surface area contributed by atoms with Gasteiger partial charge in [-0.05, 0) is 59.7 Å². The molecule has 76 valence electrons. The first-order chi connectivity index (χ1) is 6.11. The lowest BCUT2D eigenvalue weighted by molar-refractivity contribution is 0.162. The molecule has 2 fully saturated rings. The van der Waals surface area contributed by atoms with Crippen molar-refractivity contribution in [3.8, 4) is 0 Å². The quantitative estimate of drug-likeness (QED) is 0.458. The molecule has 6 heteroatoms. The van der Waals surface area contributed by atoms with Gasteiger partial charge in [0.05, 0.1) is 6.10 Å². The Morgan fingerprint density at radius 1 is 1.38 bits per heavy atom. The molecule has 2 rings (SSSR count). The fraction of sp³-hybridized carbons (Fsp3) is 1.00. The zero-order valence-corrected chi connectivity index (χ0v) is 11.4. The largest absolute Gasteiger partial charge is 0.330 e. The van der Waals surface area contributed by atoms with E-state index in [0.29, 0.717) is 6.10 Å². The summed E-state index contributed by atoms with van der Waals surface area (Å²) in [5.74, 6) is 1.67. The summed E-state index contributed by atoms with van der Waals surface area (Å²) in [5, 5.41) is 0. The third kappa shape index (κ3) is 2.61. The lowest BCUT2D eigenvalue weighted by Gasteiger charge is -2.25. The van der Waals surface area contributed by atoms with Crippen molar-refractivity contribution >= 4 is 50.8 Å². The summed E-state index contributed by atoms with van der Waals surface area (Å²) in [6.45, 7) is 0. The average Bonchev–Trinajstić information content (AvgIpc) is 2.64. The lowest BCUT2D eigenvalue weighted by atomic mass is 9.98. The maximum absolute atomic E-state index is 5.86. The molecule has 2 aliphatic rings. The van der Waals surface area contributed by atoms with Crippen molar-refractivity contribution in [3.63, 3.8) is 0 Å². The second kappa shape index (κ2) is 4.26. The molecule has 0 aromatic rings. The first-order valence-corrected chi connectivity index (χ1v) is 10.8. The number of rotatable bonds is 3. The Labute approximate surface area is 98.6 Å². The summed E-state index contributed by atoms with van der Waals surface area (Å²) >= 11 is 13.7. The number of fused-ring (bicyclic) bond motifs is 2. The fourth-order valence-electron chi connectivity index (χ4n) is 2.51. The Balaban J connectivity index is 1.93. The normalized spacial score (nSPS) is 42.2. The van der Waals surface area contributed by atoms with E-state index < -0.39 is 4.67 Å². The van der Waals surface area contributed by atoms with Gasteiger partial charge >= 0.3 is 0 Å². The number of thiol groups is 2. The highest BCUT2D eigenvalue weighted by Gasteiger charge is 2.41. The molecule has 0 heterocycles. The Bertz CT molecular complexity index is 247. The highest BCUT2D eigenvalue weighted by molar-refractivity contribution is 9.12. The van der Waals surface area contributed by atoms with Crippen LogP contribution in [0.4, 0.5) is 0 Å². The number of hydrogen-bond acceptors (Lipinski definition) is 4. The van der Waals surface area contributed by atoms with Crippen molar-refractivity contribution in [1.29, 1.82) is 0 Å². The van der Waals surface area contributed by atoms with Gasteiger partial charge in [0.1, 0.15) is 0 Å². The molecule has 0 amide bonds. The summed E-state index contributed by atoms with van der Waals surface area (Å²) in [6, 6.07) is 0. The molecule has 2 bridgehead atoms. The molecule has 2 saturated carbocycles. The molecule has 0 aliphatic heterocycles. The maximum Gasteiger partial charge on any atom is 0.182 e. The van der Waals surface area contributed by atoms with Gasteiger partial charge in [-0.2, -0.15) is 0 Å². The van der Waals surface area contributed by atoms with Crippen LogP contribution in [-0.4, -0.2) is 6.10 Å². The third-order valence-electron chi connectivity index (χ3n) is 3.04. The van der Waals surface area contributed by atoms with Gasteiger partial charge in [0, 0.05) is 0 Å². The van der Waals surface area contributed by atoms with E-state index in [1.54, 1.807) is 0 Å². The molecule has 0 spiro atoms. The molecule has 0 N–H and O–H groups in total. The van der Waals surface area contributed by atoms with E-state index in [-0.39, 0.29) is 0 Å². The Hall–Kier alpha value is 1.66. The predicted molar refractivity (Wildman–Crippen MR) is 70.2 cm³/mol. The van der Waals surface area contributed by atoms with Crippen LogP contribution in [0.15, 0.2) is 0 Å². The molecular weight excluding hydrogens is 259 g/mol. The Kier molecular flexibility index (Phi) is 3.66. The van der Waals surface area contributed by atoms with E-state index >= 15 is 0 Å². The third-order valence-corrected chi connectivity index (χ3v) is 10.8. The molecule has 4 atom stereocenters. The first-order valence-electron chi connectivity index (χ1n) is 4.45. The molecule has 13 heavy (non-hydrogen) atoms. The van der Waals surface area contributed by atoms with Gasteiger partial charge in [-0.1, -0.05) is 0 Å². The van der Waals surface area contributed by atoms with Gasteiger partial charge in [0.25, 0.3) is 0 Å². The van der Waals surface area contributed by atoms with Crippen LogP contribution in [0.1, 0.15) is 25.7 Å². The van der Waals surface area contributed by atoms with Gasteiger partial charge in [-0.25, -0.2) is 0 Å². The first kappa shape index (κ1) is 11.2. The molecule has 0 aromatic carbocycles. The van der Waals surface area contributed by atoms with Crippen molar-refractivity contribution in [1.82, 2.24) is 0 Å². The molecule has 1 nitrogen and oxygen atoms in total. The molecule has 0 saturated heterocycles. The Morgan fingerprint density at radius 3 is 2.62 bits per heavy atom. The minimum absolute atomic E-state index is 0.390. The van der Waals surface area contributed by atoms with E-state index in [1.165, 1.54) is 36.1 Å². The van der Waals surface area contributed by atoms with Crippen LogP contribution < -0.4 is 0 Å². The summed E-state index contributed by atoms with van der Waals surface area (Å²) in [7, 11) is 1.30. The standard InChI is InChI=1S/C7H13OPS4/c10-9(11,13-12)8-7-4-5-1-2-6(7)3-5/h5-7,12H,1-4H2,(H,10,11). The average molecular weight is 272 g/mol. The minimum Gasteiger partial charge on any atom is -0.330 e. The smallest absolute Gasteiger partial charge is 0.182 e. The van der Waals surface area contributed by atoms with Crippen LogP contribution in [-0.2, 0) is 16.3 Å². The molecule has 4 unspecified atom stereocenters. The highest BCUT2D eigenvalue weighted by Crippen LogP contribution is 2.68. The molecule has 0 radical (unpaired) electrons. The SMILES string of the molecule is S=P(S)(OC1CC2CCC1C2)SS. The minimum atomic E-state index is -1.94. The van der Waals surface area contributed by atoms with Crippen LogP contribution in [0.25, 0.3) is 0 Å². The van der Waals surface area contributed by atoms with E-state index in [1.807, 2.05) is 0 Å². The van der Waals surface area contributed by atoms with Gasteiger partial charge in [-0.3, -0.25) is 0 Å².